The molecule has 0 N–H and O–H groups in total. The molecule has 0 aliphatic carbocycles. The number of rotatable bonds is 7. The van der Waals surface area contributed by atoms with Crippen molar-refractivity contribution < 1.29 is 13.2 Å². The first-order valence-electron chi connectivity index (χ1n) is 5.94. The summed E-state index contributed by atoms with van der Waals surface area (Å²) in [7, 11) is -3.25. The summed E-state index contributed by atoms with van der Waals surface area (Å²) < 4.78 is 29.0. The van der Waals surface area contributed by atoms with Crippen LogP contribution in [0.25, 0.3) is 0 Å². The van der Waals surface area contributed by atoms with Gasteiger partial charge in [0.15, 0.2) is 9.84 Å². The number of benzene rings is 1. The predicted octanol–water partition coefficient (Wildman–Crippen LogP) is 2.84. The summed E-state index contributed by atoms with van der Waals surface area (Å²) in [5.74, 6) is 0.766. The number of hydrogen-bond acceptors (Lipinski definition) is 3. The third kappa shape index (κ3) is 4.59. The zero-order valence-corrected chi connectivity index (χ0v) is 12.3. The van der Waals surface area contributed by atoms with Gasteiger partial charge in [-0.05, 0) is 23.6 Å². The average molecular weight is 291 g/mol. The highest BCUT2D eigenvalue weighted by Crippen LogP contribution is 2.18. The standard InChI is InChI=1S/C13H19ClO3S/c1-11(2)12-3-5-13(6-4-12)18(15,16)10-9-17-8-7-14/h3-6,11H,7-10H2,1-2H3. The summed E-state index contributed by atoms with van der Waals surface area (Å²) >= 11 is 5.44. The summed E-state index contributed by atoms with van der Waals surface area (Å²) in [6.07, 6.45) is 0. The maximum atomic E-state index is 12.0. The van der Waals surface area contributed by atoms with Gasteiger partial charge in [0, 0.05) is 5.88 Å². The Hall–Kier alpha value is -0.580. The second-order valence-electron chi connectivity index (χ2n) is 4.34. The quantitative estimate of drug-likeness (QED) is 0.573. The Morgan fingerprint density at radius 2 is 1.78 bits per heavy atom. The van der Waals surface area contributed by atoms with E-state index >= 15 is 0 Å². The van der Waals surface area contributed by atoms with Gasteiger partial charge in [-0.25, -0.2) is 8.42 Å². The van der Waals surface area contributed by atoms with Crippen molar-refractivity contribution in [2.24, 2.45) is 0 Å². The minimum atomic E-state index is -3.25. The average Bonchev–Trinajstić information content (AvgIpc) is 2.35. The molecule has 1 rings (SSSR count). The van der Waals surface area contributed by atoms with Crippen LogP contribution in [0.4, 0.5) is 0 Å². The molecule has 0 saturated carbocycles. The van der Waals surface area contributed by atoms with Gasteiger partial charge in [0.2, 0.25) is 0 Å². The molecule has 3 nitrogen and oxygen atoms in total. The first kappa shape index (κ1) is 15.5. The zero-order valence-electron chi connectivity index (χ0n) is 10.7. The predicted molar refractivity (Wildman–Crippen MR) is 74.1 cm³/mol. The maximum absolute atomic E-state index is 12.0. The van der Waals surface area contributed by atoms with E-state index in [1.165, 1.54) is 0 Å². The zero-order chi connectivity index (χ0) is 13.6. The molecule has 0 aromatic heterocycles. The summed E-state index contributed by atoms with van der Waals surface area (Å²) in [6.45, 7) is 4.71. The molecular weight excluding hydrogens is 272 g/mol. The highest BCUT2D eigenvalue weighted by Gasteiger charge is 2.14. The van der Waals surface area contributed by atoms with Crippen LogP contribution in [0.3, 0.4) is 0 Å². The molecule has 1 aromatic carbocycles. The van der Waals surface area contributed by atoms with Gasteiger partial charge in [-0.3, -0.25) is 0 Å². The van der Waals surface area contributed by atoms with Crippen molar-refractivity contribution in [1.82, 2.24) is 0 Å². The monoisotopic (exact) mass is 290 g/mol. The molecule has 0 atom stereocenters. The molecule has 0 radical (unpaired) electrons. The summed E-state index contributed by atoms with van der Waals surface area (Å²) in [5, 5.41) is 0. The van der Waals surface area contributed by atoms with E-state index in [-0.39, 0.29) is 12.4 Å². The van der Waals surface area contributed by atoms with Gasteiger partial charge in [-0.2, -0.15) is 0 Å². The fraction of sp³-hybridized carbons (Fsp3) is 0.538. The number of ether oxygens (including phenoxy) is 1. The summed E-state index contributed by atoms with van der Waals surface area (Å²) in [6, 6.07) is 7.03. The Bertz CT molecular complexity index is 452. The maximum Gasteiger partial charge on any atom is 0.180 e. The second-order valence-corrected chi connectivity index (χ2v) is 6.83. The minimum absolute atomic E-state index is 0.00901. The highest BCUT2D eigenvalue weighted by atomic mass is 35.5. The van der Waals surface area contributed by atoms with Crippen LogP contribution in [0, 0.1) is 0 Å². The molecular formula is C13H19ClO3S. The molecule has 0 spiro atoms. The molecule has 102 valence electrons. The first-order chi connectivity index (χ1) is 8.47. The third-order valence-electron chi connectivity index (χ3n) is 2.62. The Labute approximate surface area is 114 Å². The Kier molecular flexibility index (Phi) is 6.12. The number of sulfone groups is 1. The van der Waals surface area contributed by atoms with Crippen molar-refractivity contribution in [3.8, 4) is 0 Å². The molecule has 0 bridgehead atoms. The molecule has 0 aliphatic heterocycles. The van der Waals surface area contributed by atoms with E-state index in [1.54, 1.807) is 12.1 Å². The van der Waals surface area contributed by atoms with E-state index in [4.69, 9.17) is 16.3 Å². The second kappa shape index (κ2) is 7.12. The van der Waals surface area contributed by atoms with E-state index < -0.39 is 9.84 Å². The Balaban J connectivity index is 2.67. The van der Waals surface area contributed by atoms with Crippen LogP contribution in [0.2, 0.25) is 0 Å². The van der Waals surface area contributed by atoms with Crippen molar-refractivity contribution in [2.45, 2.75) is 24.7 Å². The van der Waals surface area contributed by atoms with E-state index in [2.05, 4.69) is 13.8 Å². The SMILES string of the molecule is CC(C)c1ccc(S(=O)(=O)CCOCCCl)cc1. The van der Waals surface area contributed by atoms with Gasteiger partial charge in [0.25, 0.3) is 0 Å². The Morgan fingerprint density at radius 3 is 2.28 bits per heavy atom. The van der Waals surface area contributed by atoms with Gasteiger partial charge in [0.05, 0.1) is 23.9 Å². The van der Waals surface area contributed by atoms with Crippen LogP contribution in [0.5, 0.6) is 0 Å². The molecule has 0 heterocycles. The fourth-order valence-corrected chi connectivity index (χ4v) is 2.74. The van der Waals surface area contributed by atoms with Crippen molar-refractivity contribution in [1.29, 1.82) is 0 Å². The van der Waals surface area contributed by atoms with E-state index in [0.717, 1.165) is 5.56 Å². The summed E-state index contributed by atoms with van der Waals surface area (Å²) in [5.41, 5.74) is 1.13. The first-order valence-corrected chi connectivity index (χ1v) is 8.12. The van der Waals surface area contributed by atoms with E-state index in [0.29, 0.717) is 23.3 Å². The molecule has 0 fully saturated rings. The van der Waals surface area contributed by atoms with Gasteiger partial charge in [0.1, 0.15) is 0 Å². The normalized spacial score (nSPS) is 12.0. The molecule has 5 heteroatoms. The molecule has 0 amide bonds. The lowest BCUT2D eigenvalue weighted by atomic mass is 10.0. The minimum Gasteiger partial charge on any atom is -0.379 e. The largest absolute Gasteiger partial charge is 0.379 e. The van der Waals surface area contributed by atoms with Crippen molar-refractivity contribution >= 4 is 21.4 Å². The summed E-state index contributed by atoms with van der Waals surface area (Å²) in [4.78, 5) is 0.348. The topological polar surface area (TPSA) is 43.4 Å². The number of hydrogen-bond donors (Lipinski definition) is 0. The smallest absolute Gasteiger partial charge is 0.180 e. The molecule has 0 unspecified atom stereocenters. The van der Waals surface area contributed by atoms with Crippen LogP contribution >= 0.6 is 11.6 Å². The van der Waals surface area contributed by atoms with Crippen molar-refractivity contribution in [3.05, 3.63) is 29.8 Å². The Morgan fingerprint density at radius 1 is 1.17 bits per heavy atom. The molecule has 18 heavy (non-hydrogen) atoms. The van der Waals surface area contributed by atoms with E-state index in [9.17, 15) is 8.42 Å². The van der Waals surface area contributed by atoms with Crippen LogP contribution in [-0.4, -0.2) is 33.3 Å². The van der Waals surface area contributed by atoms with E-state index in [1.807, 2.05) is 12.1 Å². The van der Waals surface area contributed by atoms with Crippen LogP contribution < -0.4 is 0 Å². The van der Waals surface area contributed by atoms with Crippen molar-refractivity contribution in [2.75, 3.05) is 24.8 Å². The van der Waals surface area contributed by atoms with Gasteiger partial charge in [-0.1, -0.05) is 26.0 Å². The van der Waals surface area contributed by atoms with Crippen LogP contribution in [0.1, 0.15) is 25.3 Å². The van der Waals surface area contributed by atoms with Crippen LogP contribution in [0.15, 0.2) is 29.2 Å². The van der Waals surface area contributed by atoms with Gasteiger partial charge in [-0.15, -0.1) is 11.6 Å². The number of alkyl halides is 1. The van der Waals surface area contributed by atoms with Gasteiger partial charge < -0.3 is 4.74 Å². The molecule has 0 aliphatic rings. The lowest BCUT2D eigenvalue weighted by Gasteiger charge is -2.08. The number of halogens is 1. The molecule has 1 aromatic rings. The highest BCUT2D eigenvalue weighted by molar-refractivity contribution is 7.91. The fourth-order valence-electron chi connectivity index (χ4n) is 1.50. The van der Waals surface area contributed by atoms with Crippen LogP contribution in [-0.2, 0) is 14.6 Å². The lowest BCUT2D eigenvalue weighted by Crippen LogP contribution is -2.13. The van der Waals surface area contributed by atoms with Crippen molar-refractivity contribution in [3.63, 3.8) is 0 Å². The molecule has 0 saturated heterocycles. The third-order valence-corrected chi connectivity index (χ3v) is 4.47. The lowest BCUT2D eigenvalue weighted by molar-refractivity contribution is 0.165. The van der Waals surface area contributed by atoms with Gasteiger partial charge >= 0.3 is 0 Å².